The van der Waals surface area contributed by atoms with Crippen LogP contribution in [-0.4, -0.2) is 95.6 Å². The van der Waals surface area contributed by atoms with Gasteiger partial charge in [0, 0.05) is 76.9 Å². The number of urea groups is 1. The molecule has 4 heterocycles. The van der Waals surface area contributed by atoms with Crippen molar-refractivity contribution in [1.29, 1.82) is 0 Å². The number of anilines is 2. The third kappa shape index (κ3) is 5.72. The van der Waals surface area contributed by atoms with Gasteiger partial charge in [-0.15, -0.1) is 0 Å². The molecule has 38 heavy (non-hydrogen) atoms. The van der Waals surface area contributed by atoms with Crippen LogP contribution in [0.2, 0.25) is 0 Å². The lowest BCUT2D eigenvalue weighted by molar-refractivity contribution is -0.120. The third-order valence-corrected chi connectivity index (χ3v) is 7.65. The third-order valence-electron chi connectivity index (χ3n) is 7.65. The van der Waals surface area contributed by atoms with E-state index in [9.17, 15) is 14.4 Å². The second kappa shape index (κ2) is 10.4. The fourth-order valence-corrected chi connectivity index (χ4v) is 5.57. The maximum Gasteiger partial charge on any atom is 0.410 e. The van der Waals surface area contributed by atoms with E-state index < -0.39 is 11.6 Å². The SMILES string of the molecule is Cn1nc(N2CCC(=O)NC2=O)c2ccc(N3CCN(CC4CCN(C(=O)OC(C)(C)C)CC4)CC3)cc21. The number of hydrogen-bond acceptors (Lipinski definition) is 7. The number of benzene rings is 1. The monoisotopic (exact) mass is 525 g/mol. The predicted molar refractivity (Wildman–Crippen MR) is 145 cm³/mol. The molecule has 11 nitrogen and oxygen atoms in total. The smallest absolute Gasteiger partial charge is 0.410 e. The number of aryl methyl sites for hydroxylation is 1. The van der Waals surface area contributed by atoms with Crippen molar-refractivity contribution in [2.24, 2.45) is 13.0 Å². The summed E-state index contributed by atoms with van der Waals surface area (Å²) in [5.74, 6) is 0.937. The van der Waals surface area contributed by atoms with E-state index in [2.05, 4.69) is 32.3 Å². The highest BCUT2D eigenvalue weighted by Gasteiger charge is 2.30. The Bertz CT molecular complexity index is 1200. The zero-order chi connectivity index (χ0) is 27.0. The van der Waals surface area contributed by atoms with E-state index in [1.54, 1.807) is 9.58 Å². The summed E-state index contributed by atoms with van der Waals surface area (Å²) in [5, 5.41) is 7.87. The minimum atomic E-state index is -0.456. The Morgan fingerprint density at radius 2 is 1.76 bits per heavy atom. The first-order chi connectivity index (χ1) is 18.1. The second-order valence-electron chi connectivity index (χ2n) is 11.6. The molecule has 5 rings (SSSR count). The average molecular weight is 526 g/mol. The lowest BCUT2D eigenvalue weighted by Crippen LogP contribution is -2.49. The van der Waals surface area contributed by atoms with E-state index in [0.717, 1.165) is 75.2 Å². The van der Waals surface area contributed by atoms with Gasteiger partial charge in [-0.1, -0.05) is 0 Å². The number of nitrogens with zero attached hydrogens (tertiary/aromatic N) is 6. The fraction of sp³-hybridized carbons (Fsp3) is 0.630. The summed E-state index contributed by atoms with van der Waals surface area (Å²) in [6.07, 6.45) is 2.11. The van der Waals surface area contributed by atoms with Gasteiger partial charge in [0.25, 0.3) is 0 Å². The van der Waals surface area contributed by atoms with Gasteiger partial charge in [0.2, 0.25) is 5.91 Å². The maximum absolute atomic E-state index is 12.4. The van der Waals surface area contributed by atoms with Crippen molar-refractivity contribution in [1.82, 2.24) is 24.9 Å². The minimum absolute atomic E-state index is 0.198. The molecule has 3 aliphatic rings. The molecule has 3 aliphatic heterocycles. The van der Waals surface area contributed by atoms with Gasteiger partial charge in [0.05, 0.1) is 5.52 Å². The number of imide groups is 1. The molecule has 1 aromatic heterocycles. The van der Waals surface area contributed by atoms with Crippen molar-refractivity contribution in [2.75, 3.05) is 62.2 Å². The average Bonchev–Trinajstić information content (AvgIpc) is 3.19. The van der Waals surface area contributed by atoms with Crippen LogP contribution in [0.3, 0.4) is 0 Å². The lowest BCUT2D eigenvalue weighted by atomic mass is 9.96. The molecule has 2 aromatic rings. The van der Waals surface area contributed by atoms with Gasteiger partial charge in [0.15, 0.2) is 5.82 Å². The quantitative estimate of drug-likeness (QED) is 0.655. The summed E-state index contributed by atoms with van der Waals surface area (Å²) in [7, 11) is 1.88. The number of nitrogens with one attached hydrogen (secondary N) is 1. The van der Waals surface area contributed by atoms with Gasteiger partial charge < -0.3 is 14.5 Å². The highest BCUT2D eigenvalue weighted by molar-refractivity contribution is 6.09. The Kier molecular flexibility index (Phi) is 7.21. The highest BCUT2D eigenvalue weighted by Crippen LogP contribution is 2.31. The molecule has 1 N–H and O–H groups in total. The molecular weight excluding hydrogens is 486 g/mol. The summed E-state index contributed by atoms with van der Waals surface area (Å²) in [6.45, 7) is 12.6. The Morgan fingerprint density at radius 1 is 1.05 bits per heavy atom. The van der Waals surface area contributed by atoms with Gasteiger partial charge in [-0.3, -0.25) is 24.6 Å². The molecule has 206 valence electrons. The van der Waals surface area contributed by atoms with Crippen molar-refractivity contribution in [3.05, 3.63) is 18.2 Å². The Morgan fingerprint density at radius 3 is 2.42 bits per heavy atom. The first-order valence-corrected chi connectivity index (χ1v) is 13.6. The van der Waals surface area contributed by atoms with Crippen molar-refractivity contribution >= 4 is 40.4 Å². The van der Waals surface area contributed by atoms with E-state index in [1.165, 1.54) is 0 Å². The Labute approximate surface area is 223 Å². The summed E-state index contributed by atoms with van der Waals surface area (Å²) < 4.78 is 7.33. The van der Waals surface area contributed by atoms with E-state index in [-0.39, 0.29) is 18.4 Å². The first kappa shape index (κ1) is 26.3. The summed E-state index contributed by atoms with van der Waals surface area (Å²) in [5.41, 5.74) is 1.65. The van der Waals surface area contributed by atoms with Crippen LogP contribution in [-0.2, 0) is 16.6 Å². The second-order valence-corrected chi connectivity index (χ2v) is 11.6. The topological polar surface area (TPSA) is 103 Å². The number of amides is 4. The minimum Gasteiger partial charge on any atom is -0.444 e. The van der Waals surface area contributed by atoms with Crippen LogP contribution in [0.25, 0.3) is 10.9 Å². The van der Waals surface area contributed by atoms with E-state index in [4.69, 9.17) is 4.74 Å². The molecule has 0 atom stereocenters. The molecule has 1 aromatic carbocycles. The first-order valence-electron chi connectivity index (χ1n) is 13.6. The Hall–Kier alpha value is -3.34. The summed E-state index contributed by atoms with van der Waals surface area (Å²) >= 11 is 0. The molecule has 11 heteroatoms. The number of hydrogen-bond donors (Lipinski definition) is 1. The fourth-order valence-electron chi connectivity index (χ4n) is 5.57. The number of piperazine rings is 1. The number of piperidine rings is 1. The van der Waals surface area contributed by atoms with Crippen LogP contribution < -0.4 is 15.1 Å². The van der Waals surface area contributed by atoms with Crippen molar-refractivity contribution in [2.45, 2.75) is 45.6 Å². The maximum atomic E-state index is 12.4. The lowest BCUT2D eigenvalue weighted by Gasteiger charge is -2.39. The van der Waals surface area contributed by atoms with Crippen LogP contribution in [0.1, 0.15) is 40.0 Å². The van der Waals surface area contributed by atoms with Crippen molar-refractivity contribution in [3.63, 3.8) is 0 Å². The van der Waals surface area contributed by atoms with Crippen LogP contribution in [0.15, 0.2) is 18.2 Å². The molecule has 3 saturated heterocycles. The number of aromatic nitrogens is 2. The summed E-state index contributed by atoms with van der Waals surface area (Å²) in [6, 6.07) is 5.85. The molecular formula is C27H39N7O4. The zero-order valence-corrected chi connectivity index (χ0v) is 22.9. The van der Waals surface area contributed by atoms with Crippen LogP contribution in [0, 0.1) is 5.92 Å². The molecule has 0 bridgehead atoms. The summed E-state index contributed by atoms with van der Waals surface area (Å²) in [4.78, 5) is 44.6. The molecule has 0 spiro atoms. The molecule has 0 unspecified atom stereocenters. The molecule has 0 saturated carbocycles. The van der Waals surface area contributed by atoms with Crippen LogP contribution >= 0.6 is 0 Å². The van der Waals surface area contributed by atoms with Crippen LogP contribution in [0.5, 0.6) is 0 Å². The largest absolute Gasteiger partial charge is 0.444 e. The highest BCUT2D eigenvalue weighted by atomic mass is 16.6. The predicted octanol–water partition coefficient (Wildman–Crippen LogP) is 2.79. The molecule has 3 fully saturated rings. The zero-order valence-electron chi connectivity index (χ0n) is 22.9. The van der Waals surface area contributed by atoms with Crippen LogP contribution in [0.4, 0.5) is 21.1 Å². The van der Waals surface area contributed by atoms with Crippen molar-refractivity contribution in [3.8, 4) is 0 Å². The number of fused-ring (bicyclic) bond motifs is 1. The van der Waals surface area contributed by atoms with E-state index in [1.807, 2.05) is 38.8 Å². The number of ether oxygens (including phenoxy) is 1. The van der Waals surface area contributed by atoms with Gasteiger partial charge in [0.1, 0.15) is 5.60 Å². The van der Waals surface area contributed by atoms with Gasteiger partial charge in [-0.25, -0.2) is 9.59 Å². The number of carbonyl (C=O) groups excluding carboxylic acids is 3. The van der Waals surface area contributed by atoms with E-state index >= 15 is 0 Å². The Balaban J connectivity index is 1.14. The van der Waals surface area contributed by atoms with Gasteiger partial charge >= 0.3 is 12.1 Å². The number of rotatable bonds is 4. The standard InChI is InChI=1S/C27H39N7O4/c1-27(2,3)38-26(37)33-10-7-19(8-11-33)18-31-13-15-32(16-14-31)20-5-6-21-22(17-20)30(4)29-24(21)34-12-9-23(35)28-25(34)36/h5-6,17,19H,7-16,18H2,1-4H3,(H,28,35,36). The molecule has 0 radical (unpaired) electrons. The van der Waals surface area contributed by atoms with Gasteiger partial charge in [-0.2, -0.15) is 5.10 Å². The van der Waals surface area contributed by atoms with Gasteiger partial charge in [-0.05, 0) is 57.7 Å². The van der Waals surface area contributed by atoms with E-state index in [0.29, 0.717) is 18.3 Å². The van der Waals surface area contributed by atoms with Crippen molar-refractivity contribution < 1.29 is 19.1 Å². The molecule has 4 amide bonds. The molecule has 0 aliphatic carbocycles. The normalized spacial score (nSPS) is 20.3. The number of likely N-dealkylation sites (tertiary alicyclic amines) is 1. The number of carbonyl (C=O) groups is 3.